The number of hydrogen-bond donors (Lipinski definition) is 1. The number of rotatable bonds is 3. The van der Waals surface area contributed by atoms with Crippen molar-refractivity contribution in [3.63, 3.8) is 0 Å². The van der Waals surface area contributed by atoms with Crippen LogP contribution in [0.1, 0.15) is 5.56 Å². The summed E-state index contributed by atoms with van der Waals surface area (Å²) >= 11 is 0. The zero-order valence-corrected chi connectivity index (χ0v) is 8.40. The zero-order chi connectivity index (χ0) is 10.4. The topological polar surface area (TPSA) is 26.0 Å². The minimum absolute atomic E-state index is 0.989. The summed E-state index contributed by atoms with van der Waals surface area (Å²) in [7, 11) is 2.07. The van der Waals surface area contributed by atoms with Gasteiger partial charge >= 0.3 is 0 Å². The molecule has 0 aliphatic rings. The van der Waals surface area contributed by atoms with Gasteiger partial charge in [0, 0.05) is 0 Å². The molecule has 0 aromatic heterocycles. The molecule has 0 fully saturated rings. The molecular weight excluding hydrogens is 169 g/mol. The molecule has 0 radical (unpaired) electrons. The Balaban J connectivity index is 2.75. The van der Waals surface area contributed by atoms with E-state index in [9.17, 15) is 0 Å². The lowest BCUT2D eigenvalue weighted by Gasteiger charge is -2.00. The first kappa shape index (κ1) is 10.4. The minimum atomic E-state index is 0.989. The van der Waals surface area contributed by atoms with Crippen LogP contribution < -0.4 is 11.2 Å². The third-order valence-corrected chi connectivity index (χ3v) is 1.94. The first-order valence-electron chi connectivity index (χ1n) is 4.55. The third-order valence-electron chi connectivity index (χ3n) is 1.94. The third kappa shape index (κ3) is 2.98. The largest absolute Gasteiger partial charge is 0.405 e. The second-order valence-corrected chi connectivity index (χ2v) is 3.14. The van der Waals surface area contributed by atoms with Gasteiger partial charge in [0.15, 0.2) is 0 Å². The molecule has 1 aromatic carbocycles. The average molecular weight is 183 g/mol. The summed E-state index contributed by atoms with van der Waals surface area (Å²) in [5.74, 6) is 0. The van der Waals surface area contributed by atoms with Gasteiger partial charge in [-0.25, -0.2) is 0 Å². The van der Waals surface area contributed by atoms with Gasteiger partial charge in [-0.15, -0.1) is 0 Å². The smallest absolute Gasteiger partial charge is 0.139 e. The Labute approximate surface area is 86.0 Å². The van der Waals surface area contributed by atoms with Crippen LogP contribution in [0.5, 0.6) is 0 Å². The van der Waals surface area contributed by atoms with Gasteiger partial charge in [-0.3, -0.25) is 0 Å². The summed E-state index contributed by atoms with van der Waals surface area (Å²) in [5, 5.41) is 0. The fraction of sp³-hybridized carbons (Fsp3) is 0. The summed E-state index contributed by atoms with van der Waals surface area (Å²) in [6.07, 6.45) is 7.09. The predicted octanol–water partition coefficient (Wildman–Crippen LogP) is 0.987. The highest BCUT2D eigenvalue weighted by atomic mass is 14.5. The molecule has 0 bridgehead atoms. The Morgan fingerprint density at radius 1 is 1.21 bits per heavy atom. The number of benzene rings is 1. The maximum absolute atomic E-state index is 5.21. The Morgan fingerprint density at radius 2 is 1.86 bits per heavy atom. The fourth-order valence-electron chi connectivity index (χ4n) is 1.10. The van der Waals surface area contributed by atoms with Crippen molar-refractivity contribution in [2.75, 3.05) is 0 Å². The summed E-state index contributed by atoms with van der Waals surface area (Å²) in [6, 6.07) is 8.28. The number of nitrogens with two attached hydrogens (primary N) is 1. The maximum Gasteiger partial charge on any atom is 0.139 e. The fourth-order valence-corrected chi connectivity index (χ4v) is 1.10. The van der Waals surface area contributed by atoms with Gasteiger partial charge in [0.25, 0.3) is 0 Å². The highest BCUT2D eigenvalue weighted by molar-refractivity contribution is 6.32. The molecule has 0 saturated heterocycles. The van der Waals surface area contributed by atoms with E-state index in [-0.39, 0.29) is 0 Å². The average Bonchev–Trinajstić information content (AvgIpc) is 2.19. The summed E-state index contributed by atoms with van der Waals surface area (Å²) in [6.45, 7) is 3.96. The van der Waals surface area contributed by atoms with Gasteiger partial charge in [-0.05, 0) is 23.4 Å². The van der Waals surface area contributed by atoms with Crippen molar-refractivity contribution in [3.8, 4) is 0 Å². The Morgan fingerprint density at radius 3 is 2.43 bits per heavy atom. The van der Waals surface area contributed by atoms with Crippen LogP contribution >= 0.6 is 0 Å². The van der Waals surface area contributed by atoms with E-state index in [1.54, 1.807) is 6.08 Å². The lowest BCUT2D eigenvalue weighted by atomic mass is 9.94. The molecule has 0 unspecified atom stereocenters. The molecule has 0 spiro atoms. The van der Waals surface area contributed by atoms with Crippen molar-refractivity contribution in [3.05, 3.63) is 60.8 Å². The van der Waals surface area contributed by atoms with Crippen molar-refractivity contribution in [2.24, 2.45) is 5.73 Å². The van der Waals surface area contributed by atoms with E-state index in [0.717, 1.165) is 11.1 Å². The van der Waals surface area contributed by atoms with Crippen LogP contribution in [-0.4, -0.2) is 7.85 Å². The molecule has 14 heavy (non-hydrogen) atoms. The lowest BCUT2D eigenvalue weighted by molar-refractivity contribution is 1.60. The van der Waals surface area contributed by atoms with E-state index in [2.05, 4.69) is 38.7 Å². The molecule has 70 valence electrons. The van der Waals surface area contributed by atoms with Crippen LogP contribution in [0.15, 0.2) is 55.3 Å². The molecule has 1 nitrogen and oxygen atoms in total. The molecule has 2 heteroatoms. The minimum Gasteiger partial charge on any atom is -0.405 e. The normalized spacial score (nSPS) is 11.1. The first-order valence-corrected chi connectivity index (χ1v) is 4.55. The van der Waals surface area contributed by atoms with Crippen LogP contribution in [0, 0.1) is 0 Å². The molecule has 1 aromatic rings. The standard InChI is InChI=1S/C12H14BN/c1-10(4-2-3-9-14)11-5-7-12(13)8-6-11/h2-9H,1,13-14H2/b4-2-,9-3-. The lowest BCUT2D eigenvalue weighted by Crippen LogP contribution is -1.99. The quantitative estimate of drug-likeness (QED) is 0.548. The van der Waals surface area contributed by atoms with Gasteiger partial charge in [0.2, 0.25) is 0 Å². The molecule has 0 amide bonds. The molecule has 0 atom stereocenters. The van der Waals surface area contributed by atoms with Crippen LogP contribution in [-0.2, 0) is 0 Å². The van der Waals surface area contributed by atoms with Crippen LogP contribution in [0.2, 0.25) is 0 Å². The molecule has 2 N–H and O–H groups in total. The van der Waals surface area contributed by atoms with Gasteiger partial charge < -0.3 is 5.73 Å². The van der Waals surface area contributed by atoms with Gasteiger partial charge in [0.1, 0.15) is 7.85 Å². The van der Waals surface area contributed by atoms with Gasteiger partial charge in [0.05, 0.1) is 0 Å². The van der Waals surface area contributed by atoms with Gasteiger partial charge in [-0.2, -0.15) is 0 Å². The molecule has 0 heterocycles. The summed E-state index contributed by atoms with van der Waals surface area (Å²) in [5.41, 5.74) is 8.59. The zero-order valence-electron chi connectivity index (χ0n) is 8.40. The highest BCUT2D eigenvalue weighted by Gasteiger charge is 1.92. The van der Waals surface area contributed by atoms with Crippen LogP contribution in [0.25, 0.3) is 5.57 Å². The summed E-state index contributed by atoms with van der Waals surface area (Å²) < 4.78 is 0. The predicted molar refractivity (Wildman–Crippen MR) is 66.1 cm³/mol. The Bertz CT molecular complexity index is 360. The molecule has 0 aliphatic heterocycles. The van der Waals surface area contributed by atoms with E-state index in [0.29, 0.717) is 0 Å². The molecular formula is C12H14BN. The van der Waals surface area contributed by atoms with Crippen LogP contribution in [0.3, 0.4) is 0 Å². The van der Waals surface area contributed by atoms with Crippen LogP contribution in [0.4, 0.5) is 0 Å². The van der Waals surface area contributed by atoms with E-state index < -0.39 is 0 Å². The second kappa shape index (κ2) is 5.13. The summed E-state index contributed by atoms with van der Waals surface area (Å²) in [4.78, 5) is 0. The SMILES string of the molecule is Bc1ccc(C(=C)/C=C\C=C/N)cc1. The van der Waals surface area contributed by atoms with Gasteiger partial charge in [-0.1, -0.05) is 48.5 Å². The monoisotopic (exact) mass is 183 g/mol. The van der Waals surface area contributed by atoms with Crippen molar-refractivity contribution >= 4 is 18.9 Å². The van der Waals surface area contributed by atoms with Crippen molar-refractivity contribution in [1.82, 2.24) is 0 Å². The molecule has 0 aliphatic carbocycles. The maximum atomic E-state index is 5.21. The van der Waals surface area contributed by atoms with Crippen molar-refractivity contribution in [2.45, 2.75) is 0 Å². The number of allylic oxidation sites excluding steroid dienone is 4. The van der Waals surface area contributed by atoms with E-state index >= 15 is 0 Å². The Kier molecular flexibility index (Phi) is 3.80. The number of hydrogen-bond acceptors (Lipinski definition) is 1. The second-order valence-electron chi connectivity index (χ2n) is 3.14. The van der Waals surface area contributed by atoms with E-state index in [1.807, 2.05) is 12.2 Å². The van der Waals surface area contributed by atoms with Crippen molar-refractivity contribution < 1.29 is 0 Å². The highest BCUT2D eigenvalue weighted by Crippen LogP contribution is 2.11. The molecule has 1 rings (SSSR count). The molecule has 0 saturated carbocycles. The first-order chi connectivity index (χ1) is 6.74. The van der Waals surface area contributed by atoms with E-state index in [1.165, 1.54) is 11.7 Å². The Hall–Kier alpha value is -1.70. The van der Waals surface area contributed by atoms with E-state index in [4.69, 9.17) is 5.73 Å². The van der Waals surface area contributed by atoms with Crippen molar-refractivity contribution in [1.29, 1.82) is 0 Å².